The van der Waals surface area contributed by atoms with Crippen molar-refractivity contribution in [2.45, 2.75) is 38.4 Å². The number of allylic oxidation sites excluding steroid dienone is 1. The summed E-state index contributed by atoms with van der Waals surface area (Å²) in [4.78, 5) is 15.0. The number of carbonyl (C=O) groups is 1. The molecule has 0 saturated carbocycles. The van der Waals surface area contributed by atoms with Gasteiger partial charge in [0.25, 0.3) is 5.91 Å². The number of benzene rings is 1. The van der Waals surface area contributed by atoms with Gasteiger partial charge in [0, 0.05) is 54.0 Å². The number of halogens is 2. The SMILES string of the molecule is C=CCn1nc(C(=O)N2CCSCC2)c2c1CCC(NCc1cccc(F)c1F)C2. The Morgan fingerprint density at radius 2 is 2.13 bits per heavy atom. The molecule has 1 aliphatic heterocycles. The van der Waals surface area contributed by atoms with Crippen LogP contribution in [-0.4, -0.2) is 51.2 Å². The van der Waals surface area contributed by atoms with E-state index in [2.05, 4.69) is 17.0 Å². The smallest absolute Gasteiger partial charge is 0.274 e. The summed E-state index contributed by atoms with van der Waals surface area (Å²) in [5.74, 6) is 0.249. The minimum absolute atomic E-state index is 0.00816. The lowest BCUT2D eigenvalue weighted by atomic mass is 9.90. The standard InChI is InChI=1S/C22H26F2N4OS/c1-2-8-28-19-7-6-16(25-14-15-4-3-5-18(23)20(15)24)13-17(19)21(26-28)22(29)27-9-11-30-12-10-27/h2-5,16,25H,1,6-14H2. The molecule has 1 aromatic carbocycles. The fraction of sp³-hybridized carbons (Fsp3) is 0.455. The van der Waals surface area contributed by atoms with Crippen molar-refractivity contribution in [1.29, 1.82) is 0 Å². The molecular formula is C22H26F2N4OS. The van der Waals surface area contributed by atoms with Crippen LogP contribution in [0.5, 0.6) is 0 Å². The highest BCUT2D eigenvalue weighted by atomic mass is 32.2. The molecule has 2 heterocycles. The molecule has 1 amide bonds. The van der Waals surface area contributed by atoms with Crippen molar-refractivity contribution in [2.75, 3.05) is 24.6 Å². The molecule has 1 unspecified atom stereocenters. The second kappa shape index (κ2) is 9.31. The molecule has 1 aromatic heterocycles. The van der Waals surface area contributed by atoms with Crippen LogP contribution in [0.25, 0.3) is 0 Å². The quantitative estimate of drug-likeness (QED) is 0.713. The summed E-state index contributed by atoms with van der Waals surface area (Å²) in [6.45, 7) is 6.11. The number of hydrogen-bond acceptors (Lipinski definition) is 4. The van der Waals surface area contributed by atoms with E-state index in [-0.39, 0.29) is 18.5 Å². The fourth-order valence-electron chi connectivity index (χ4n) is 4.16. The molecule has 1 aliphatic carbocycles. The van der Waals surface area contributed by atoms with Crippen LogP contribution in [0.2, 0.25) is 0 Å². The second-order valence-electron chi connectivity index (χ2n) is 7.68. The van der Waals surface area contributed by atoms with Gasteiger partial charge in [-0.15, -0.1) is 6.58 Å². The van der Waals surface area contributed by atoms with Gasteiger partial charge in [0.15, 0.2) is 17.3 Å². The van der Waals surface area contributed by atoms with Gasteiger partial charge in [0.1, 0.15) is 0 Å². The molecule has 0 spiro atoms. The van der Waals surface area contributed by atoms with Crippen molar-refractivity contribution in [3.8, 4) is 0 Å². The summed E-state index contributed by atoms with van der Waals surface area (Å²) < 4.78 is 29.3. The minimum atomic E-state index is -0.835. The van der Waals surface area contributed by atoms with Crippen molar-refractivity contribution < 1.29 is 13.6 Å². The highest BCUT2D eigenvalue weighted by molar-refractivity contribution is 7.99. The average Bonchev–Trinajstić information content (AvgIpc) is 3.13. The molecule has 2 aliphatic rings. The molecule has 1 fully saturated rings. The lowest BCUT2D eigenvalue weighted by Gasteiger charge is -2.27. The average molecular weight is 433 g/mol. The summed E-state index contributed by atoms with van der Waals surface area (Å²) in [6, 6.07) is 4.30. The highest BCUT2D eigenvalue weighted by Gasteiger charge is 2.31. The van der Waals surface area contributed by atoms with Gasteiger partial charge in [0.05, 0.1) is 6.54 Å². The van der Waals surface area contributed by atoms with Crippen LogP contribution in [0.4, 0.5) is 8.78 Å². The topological polar surface area (TPSA) is 50.2 Å². The predicted molar refractivity (Wildman–Crippen MR) is 115 cm³/mol. The third-order valence-corrected chi connectivity index (χ3v) is 6.70. The Morgan fingerprint density at radius 3 is 2.90 bits per heavy atom. The number of carbonyl (C=O) groups excluding carboxylic acids is 1. The molecular weight excluding hydrogens is 406 g/mol. The number of amides is 1. The van der Waals surface area contributed by atoms with Crippen molar-refractivity contribution in [3.05, 3.63) is 65.0 Å². The Balaban J connectivity index is 1.52. The molecule has 5 nitrogen and oxygen atoms in total. The zero-order valence-corrected chi connectivity index (χ0v) is 17.7. The lowest BCUT2D eigenvalue weighted by Crippen LogP contribution is -2.39. The Kier molecular flexibility index (Phi) is 6.53. The van der Waals surface area contributed by atoms with Crippen LogP contribution < -0.4 is 5.32 Å². The zero-order valence-electron chi connectivity index (χ0n) is 16.9. The van der Waals surface area contributed by atoms with Gasteiger partial charge in [0.2, 0.25) is 0 Å². The van der Waals surface area contributed by atoms with Crippen LogP contribution in [-0.2, 0) is 25.9 Å². The van der Waals surface area contributed by atoms with Crippen LogP contribution >= 0.6 is 11.8 Å². The third kappa shape index (κ3) is 4.30. The number of rotatable bonds is 6. The first-order valence-corrected chi connectivity index (χ1v) is 11.5. The molecule has 0 radical (unpaired) electrons. The molecule has 2 aromatic rings. The van der Waals surface area contributed by atoms with Crippen LogP contribution in [0.1, 0.15) is 33.7 Å². The fourth-order valence-corrected chi connectivity index (χ4v) is 5.07. The van der Waals surface area contributed by atoms with Crippen LogP contribution in [0, 0.1) is 11.6 Å². The maximum Gasteiger partial charge on any atom is 0.274 e. The van der Waals surface area contributed by atoms with Crippen molar-refractivity contribution in [3.63, 3.8) is 0 Å². The number of nitrogens with zero attached hydrogens (tertiary/aromatic N) is 3. The van der Waals surface area contributed by atoms with Crippen molar-refractivity contribution in [1.82, 2.24) is 20.0 Å². The van der Waals surface area contributed by atoms with Crippen LogP contribution in [0.15, 0.2) is 30.9 Å². The van der Waals surface area contributed by atoms with Crippen molar-refractivity contribution in [2.24, 2.45) is 0 Å². The minimum Gasteiger partial charge on any atom is -0.336 e. The van der Waals surface area contributed by atoms with Gasteiger partial charge < -0.3 is 10.2 Å². The summed E-state index contributed by atoms with van der Waals surface area (Å²) in [5, 5.41) is 7.99. The van der Waals surface area contributed by atoms with E-state index < -0.39 is 11.6 Å². The summed E-state index contributed by atoms with van der Waals surface area (Å²) in [7, 11) is 0. The Morgan fingerprint density at radius 1 is 1.33 bits per heavy atom. The summed E-state index contributed by atoms with van der Waals surface area (Å²) >= 11 is 1.86. The first-order valence-electron chi connectivity index (χ1n) is 10.3. The molecule has 4 rings (SSSR count). The largest absolute Gasteiger partial charge is 0.336 e. The molecule has 1 N–H and O–H groups in total. The van der Waals surface area contributed by atoms with E-state index in [0.717, 1.165) is 54.8 Å². The Hall–Kier alpha value is -2.19. The van der Waals surface area contributed by atoms with E-state index in [1.54, 1.807) is 12.1 Å². The third-order valence-electron chi connectivity index (χ3n) is 5.76. The normalized spacial score (nSPS) is 18.9. The van der Waals surface area contributed by atoms with E-state index in [0.29, 0.717) is 24.2 Å². The van der Waals surface area contributed by atoms with E-state index in [9.17, 15) is 13.6 Å². The van der Waals surface area contributed by atoms with E-state index in [1.807, 2.05) is 21.3 Å². The first kappa shape index (κ1) is 21.1. The highest BCUT2D eigenvalue weighted by Crippen LogP contribution is 2.27. The maximum absolute atomic E-state index is 14.0. The van der Waals surface area contributed by atoms with E-state index in [4.69, 9.17) is 0 Å². The molecule has 0 bridgehead atoms. The number of nitrogens with one attached hydrogen (secondary N) is 1. The zero-order chi connectivity index (χ0) is 21.1. The van der Waals surface area contributed by atoms with Crippen LogP contribution in [0.3, 0.4) is 0 Å². The number of hydrogen-bond donors (Lipinski definition) is 1. The lowest BCUT2D eigenvalue weighted by molar-refractivity contribution is 0.0764. The number of thioether (sulfide) groups is 1. The van der Waals surface area contributed by atoms with Gasteiger partial charge in [-0.1, -0.05) is 18.2 Å². The number of aromatic nitrogens is 2. The molecule has 160 valence electrons. The van der Waals surface area contributed by atoms with Gasteiger partial charge >= 0.3 is 0 Å². The summed E-state index contributed by atoms with van der Waals surface area (Å²) in [5.41, 5.74) is 2.90. The van der Waals surface area contributed by atoms with Gasteiger partial charge in [-0.3, -0.25) is 9.48 Å². The van der Waals surface area contributed by atoms with Crippen molar-refractivity contribution >= 4 is 17.7 Å². The summed E-state index contributed by atoms with van der Waals surface area (Å²) in [6.07, 6.45) is 4.06. The van der Waals surface area contributed by atoms with Gasteiger partial charge in [-0.2, -0.15) is 16.9 Å². The molecule has 1 atom stereocenters. The van der Waals surface area contributed by atoms with E-state index >= 15 is 0 Å². The van der Waals surface area contributed by atoms with Gasteiger partial charge in [-0.25, -0.2) is 8.78 Å². The number of fused-ring (bicyclic) bond motifs is 1. The second-order valence-corrected chi connectivity index (χ2v) is 8.91. The Bertz CT molecular complexity index is 939. The molecule has 1 saturated heterocycles. The molecule has 8 heteroatoms. The maximum atomic E-state index is 14.0. The first-order chi connectivity index (χ1) is 14.6. The van der Waals surface area contributed by atoms with Gasteiger partial charge in [-0.05, 0) is 25.3 Å². The monoisotopic (exact) mass is 432 g/mol. The Labute approximate surface area is 179 Å². The molecule has 30 heavy (non-hydrogen) atoms. The van der Waals surface area contributed by atoms with E-state index in [1.165, 1.54) is 6.07 Å². The predicted octanol–water partition coefficient (Wildman–Crippen LogP) is 3.18.